The smallest absolute Gasteiger partial charge is 0.496 e. The molecular weight excluding hydrogens is 362 g/mol. The molecule has 0 saturated carbocycles. The Morgan fingerprint density at radius 1 is 0.889 bits per heavy atom. The van der Waals surface area contributed by atoms with Crippen LogP contribution in [-0.4, -0.2) is 40.3 Å². The number of carbonyl (C=O) groups is 1. The quantitative estimate of drug-likeness (QED) is 0.350. The third-order valence-electron chi connectivity index (χ3n) is 3.69. The fourth-order valence-corrected chi connectivity index (χ4v) is 3.25. The van der Waals surface area contributed by atoms with Gasteiger partial charge in [0.15, 0.2) is 11.8 Å². The molecular formula is C19H23LiO6P+. The van der Waals surface area contributed by atoms with Gasteiger partial charge in [-0.25, -0.2) is 0 Å². The van der Waals surface area contributed by atoms with Crippen molar-refractivity contribution < 1.29 is 47.3 Å². The zero-order valence-electron chi connectivity index (χ0n) is 16.5. The van der Waals surface area contributed by atoms with Crippen LogP contribution in [0.5, 0.6) is 23.0 Å². The largest absolute Gasteiger partial charge is 1.00 e. The molecule has 0 amide bonds. The van der Waals surface area contributed by atoms with Gasteiger partial charge < -0.3 is 23.7 Å². The van der Waals surface area contributed by atoms with Crippen LogP contribution in [-0.2, 0) is 4.74 Å². The van der Waals surface area contributed by atoms with E-state index in [9.17, 15) is 4.79 Å². The number of hydrogen-bond acceptors (Lipinski definition) is 6. The predicted molar refractivity (Wildman–Crippen MR) is 102 cm³/mol. The van der Waals surface area contributed by atoms with Gasteiger partial charge in [-0.3, -0.25) is 4.79 Å². The van der Waals surface area contributed by atoms with Crippen LogP contribution in [0, 0.1) is 0 Å². The molecule has 2 atom stereocenters. The van der Waals surface area contributed by atoms with Crippen molar-refractivity contribution in [3.8, 4) is 23.0 Å². The van der Waals surface area contributed by atoms with Crippen LogP contribution in [0.3, 0.4) is 0 Å². The van der Waals surface area contributed by atoms with Crippen molar-refractivity contribution in [3.63, 3.8) is 0 Å². The number of ether oxygens (including phenoxy) is 5. The van der Waals surface area contributed by atoms with Crippen LogP contribution >= 0.6 is 8.58 Å². The van der Waals surface area contributed by atoms with Crippen molar-refractivity contribution in [2.45, 2.75) is 13.2 Å². The normalized spacial score (nSPS) is 11.6. The van der Waals surface area contributed by atoms with E-state index in [4.69, 9.17) is 23.7 Å². The van der Waals surface area contributed by atoms with Crippen LogP contribution in [0.15, 0.2) is 36.4 Å². The molecule has 0 aliphatic heterocycles. The Morgan fingerprint density at radius 2 is 1.44 bits per heavy atom. The Kier molecular flexibility index (Phi) is 9.69. The van der Waals surface area contributed by atoms with Crippen molar-refractivity contribution in [3.05, 3.63) is 42.0 Å². The number of methoxy groups -OCH3 is 4. The van der Waals surface area contributed by atoms with Gasteiger partial charge in [0, 0.05) is 19.2 Å². The van der Waals surface area contributed by atoms with Gasteiger partial charge in [-0.15, -0.1) is 0 Å². The standard InChI is InChI=1S/C19H23O6P.Li/c1-12(21-2)25-13-6-8-15(9-7-13)26-19(20)18-16(23-4)10-14(22-3)11-17(18)24-5;/h6-12,26H,1-5H3;/q;+1. The third-order valence-corrected chi connectivity index (χ3v) is 4.79. The van der Waals surface area contributed by atoms with Crippen LogP contribution in [0.25, 0.3) is 0 Å². The number of carbonyl (C=O) groups excluding carboxylic acids is 1. The Bertz CT molecular complexity index is 725. The van der Waals surface area contributed by atoms with E-state index in [1.54, 1.807) is 33.3 Å². The summed E-state index contributed by atoms with van der Waals surface area (Å²) in [5, 5.41) is 0.882. The molecule has 0 radical (unpaired) electrons. The number of benzene rings is 2. The monoisotopic (exact) mass is 385 g/mol. The molecule has 27 heavy (non-hydrogen) atoms. The van der Waals surface area contributed by atoms with Gasteiger partial charge in [0.1, 0.15) is 28.6 Å². The van der Waals surface area contributed by atoms with Crippen molar-refractivity contribution in [2.75, 3.05) is 28.4 Å². The van der Waals surface area contributed by atoms with Crippen molar-refractivity contribution in [1.82, 2.24) is 0 Å². The summed E-state index contributed by atoms with van der Waals surface area (Å²) in [6, 6.07) is 10.7. The second kappa shape index (κ2) is 11.2. The van der Waals surface area contributed by atoms with Crippen LogP contribution in [0.2, 0.25) is 0 Å². The second-order valence-electron chi connectivity index (χ2n) is 5.31. The van der Waals surface area contributed by atoms with Crippen molar-refractivity contribution >= 4 is 19.4 Å². The Hall–Kier alpha value is -1.70. The molecule has 2 rings (SSSR count). The van der Waals surface area contributed by atoms with E-state index in [-0.39, 0.29) is 39.3 Å². The van der Waals surface area contributed by atoms with Gasteiger partial charge >= 0.3 is 18.9 Å². The maximum absolute atomic E-state index is 12.8. The molecule has 2 aromatic carbocycles. The summed E-state index contributed by atoms with van der Waals surface area (Å²) < 4.78 is 26.5. The molecule has 2 aromatic rings. The zero-order valence-corrected chi connectivity index (χ0v) is 17.5. The van der Waals surface area contributed by atoms with E-state index < -0.39 is 0 Å². The van der Waals surface area contributed by atoms with Crippen molar-refractivity contribution in [2.24, 2.45) is 0 Å². The molecule has 0 fully saturated rings. The number of rotatable bonds is 9. The summed E-state index contributed by atoms with van der Waals surface area (Å²) in [4.78, 5) is 12.8. The predicted octanol–water partition coefficient (Wildman–Crippen LogP) is 0.232. The first-order chi connectivity index (χ1) is 12.5. The first-order valence-electron chi connectivity index (χ1n) is 7.93. The fraction of sp³-hybridized carbons (Fsp3) is 0.316. The average molecular weight is 385 g/mol. The van der Waals surface area contributed by atoms with E-state index >= 15 is 0 Å². The molecule has 8 heteroatoms. The average Bonchev–Trinajstić information content (AvgIpc) is 2.67. The first kappa shape index (κ1) is 23.3. The van der Waals surface area contributed by atoms with E-state index in [2.05, 4.69) is 0 Å². The minimum atomic E-state index is -0.335. The SMILES string of the molecule is COc1cc(OC)c(C(=O)Pc2ccc(OC(C)OC)cc2)c(OC)c1.[Li+]. The molecule has 0 heterocycles. The molecule has 0 aliphatic rings. The fourth-order valence-electron chi connectivity index (χ4n) is 2.28. The molecule has 140 valence electrons. The van der Waals surface area contributed by atoms with Gasteiger partial charge in [-0.05, 0) is 32.9 Å². The molecule has 6 nitrogen and oxygen atoms in total. The van der Waals surface area contributed by atoms with Gasteiger partial charge in [0.25, 0.3) is 0 Å². The minimum absolute atomic E-state index is 0. The topological polar surface area (TPSA) is 63.2 Å². The summed E-state index contributed by atoms with van der Waals surface area (Å²) in [5.41, 5.74) is 0.322. The molecule has 0 N–H and O–H groups in total. The molecule has 0 aromatic heterocycles. The van der Waals surface area contributed by atoms with Gasteiger partial charge in [0.2, 0.25) is 0 Å². The van der Waals surface area contributed by atoms with Crippen LogP contribution in [0.1, 0.15) is 17.3 Å². The number of hydrogen-bond donors (Lipinski definition) is 0. The first-order valence-corrected chi connectivity index (χ1v) is 8.93. The van der Waals surface area contributed by atoms with Gasteiger partial charge in [-0.2, -0.15) is 0 Å². The summed E-state index contributed by atoms with van der Waals surface area (Å²) in [6.07, 6.45) is -0.335. The van der Waals surface area contributed by atoms with Gasteiger partial charge in [-0.1, -0.05) is 12.1 Å². The second-order valence-corrected chi connectivity index (χ2v) is 6.59. The summed E-state index contributed by atoms with van der Waals surface area (Å²) in [6.45, 7) is 1.81. The molecule has 2 unspecified atom stereocenters. The maximum atomic E-state index is 12.8. The van der Waals surface area contributed by atoms with E-state index in [1.165, 1.54) is 14.2 Å². The minimum Gasteiger partial charge on any atom is -0.496 e. The molecule has 0 spiro atoms. The molecule has 0 bridgehead atoms. The zero-order chi connectivity index (χ0) is 19.1. The van der Waals surface area contributed by atoms with E-state index in [0.29, 0.717) is 28.6 Å². The molecule has 0 saturated heterocycles. The van der Waals surface area contributed by atoms with Crippen LogP contribution < -0.4 is 43.1 Å². The Morgan fingerprint density at radius 3 is 1.89 bits per heavy atom. The summed E-state index contributed by atoms with van der Waals surface area (Å²) in [5.74, 6) is 2.09. The molecule has 0 aliphatic carbocycles. The van der Waals surface area contributed by atoms with Gasteiger partial charge in [0.05, 0.1) is 21.3 Å². The van der Waals surface area contributed by atoms with E-state index in [0.717, 1.165) is 5.30 Å². The summed E-state index contributed by atoms with van der Waals surface area (Å²) in [7, 11) is 6.07. The van der Waals surface area contributed by atoms with E-state index in [1.807, 2.05) is 24.3 Å². The van der Waals surface area contributed by atoms with Crippen molar-refractivity contribution in [1.29, 1.82) is 0 Å². The Balaban J connectivity index is 0.00000364. The van der Waals surface area contributed by atoms with Crippen LogP contribution in [0.4, 0.5) is 0 Å². The third kappa shape index (κ3) is 6.16. The summed E-state index contributed by atoms with van der Waals surface area (Å²) >= 11 is 0. The maximum Gasteiger partial charge on any atom is 1.00 e. The Labute approximate surface area is 173 Å².